The van der Waals surface area contributed by atoms with E-state index in [9.17, 15) is 18.0 Å². The van der Waals surface area contributed by atoms with Crippen molar-refractivity contribution in [2.24, 2.45) is 0 Å². The average Bonchev–Trinajstić information content (AvgIpc) is 2.73. The summed E-state index contributed by atoms with van der Waals surface area (Å²) < 4.78 is 36.4. The number of benzene rings is 2. The predicted molar refractivity (Wildman–Crippen MR) is 113 cm³/mol. The summed E-state index contributed by atoms with van der Waals surface area (Å²) in [4.78, 5) is 24.2. The number of sulfonamides is 1. The van der Waals surface area contributed by atoms with Gasteiger partial charge in [-0.3, -0.25) is 4.79 Å². The van der Waals surface area contributed by atoms with Gasteiger partial charge in [0, 0.05) is 23.4 Å². The summed E-state index contributed by atoms with van der Waals surface area (Å²) in [5.74, 6) is -0.410. The maximum absolute atomic E-state index is 12.2. The number of ether oxygens (including phenoxy) is 1. The molecular weight excluding hydrogens is 406 g/mol. The number of carbonyl (C=O) groups is 1. The molecular formula is C22H23NO6S. The Morgan fingerprint density at radius 3 is 2.47 bits per heavy atom. The molecule has 30 heavy (non-hydrogen) atoms. The molecule has 1 N–H and O–H groups in total. The van der Waals surface area contributed by atoms with Crippen LogP contribution in [-0.2, 0) is 32.6 Å². The van der Waals surface area contributed by atoms with Crippen LogP contribution in [0.25, 0.3) is 11.0 Å². The average molecular weight is 429 g/mol. The monoisotopic (exact) mass is 429 g/mol. The summed E-state index contributed by atoms with van der Waals surface area (Å²) in [6.07, 6.45) is 0.546. The van der Waals surface area contributed by atoms with Gasteiger partial charge in [-0.05, 0) is 56.1 Å². The second-order valence-corrected chi connectivity index (χ2v) is 8.87. The minimum Gasteiger partial charge on any atom is -0.461 e. The fourth-order valence-corrected chi connectivity index (χ4v) is 3.80. The van der Waals surface area contributed by atoms with Crippen molar-refractivity contribution in [1.29, 1.82) is 0 Å². The molecule has 0 bridgehead atoms. The summed E-state index contributed by atoms with van der Waals surface area (Å²) in [6.45, 7) is 3.79. The van der Waals surface area contributed by atoms with Crippen LogP contribution < -0.4 is 10.3 Å². The predicted octanol–water partition coefficient (Wildman–Crippen LogP) is 2.99. The van der Waals surface area contributed by atoms with Gasteiger partial charge in [0.05, 0.1) is 4.90 Å². The van der Waals surface area contributed by atoms with E-state index >= 15 is 0 Å². The van der Waals surface area contributed by atoms with Crippen molar-refractivity contribution in [3.8, 4) is 0 Å². The molecule has 0 atom stereocenters. The largest absolute Gasteiger partial charge is 0.461 e. The van der Waals surface area contributed by atoms with E-state index < -0.39 is 21.6 Å². The van der Waals surface area contributed by atoms with E-state index in [1.807, 2.05) is 26.0 Å². The number of aryl methyl sites for hydroxylation is 3. The highest BCUT2D eigenvalue weighted by Gasteiger charge is 2.13. The first-order valence-corrected chi connectivity index (χ1v) is 10.9. The molecule has 1 aromatic heterocycles. The van der Waals surface area contributed by atoms with Crippen molar-refractivity contribution in [2.45, 2.75) is 38.2 Å². The van der Waals surface area contributed by atoms with Crippen LogP contribution in [0.15, 0.2) is 56.6 Å². The Labute approximate surface area is 174 Å². The lowest BCUT2D eigenvalue weighted by atomic mass is 10.0. The van der Waals surface area contributed by atoms with Gasteiger partial charge in [0.25, 0.3) is 0 Å². The van der Waals surface area contributed by atoms with Gasteiger partial charge < -0.3 is 9.15 Å². The summed E-state index contributed by atoms with van der Waals surface area (Å²) in [5, 5.41) is 0.742. The Morgan fingerprint density at radius 2 is 1.80 bits per heavy atom. The standard InChI is InChI=1S/C22H23NO6S/c1-14-4-10-19-17(12-21(25)29-22(19)15(14)2)13-28-20(24)11-7-16-5-8-18(9-6-16)30(26,27)23-3/h4-6,8-10,12,23H,7,11,13H2,1-3H3. The lowest BCUT2D eigenvalue weighted by Crippen LogP contribution is -2.18. The second-order valence-electron chi connectivity index (χ2n) is 6.99. The first-order valence-electron chi connectivity index (χ1n) is 9.42. The summed E-state index contributed by atoms with van der Waals surface area (Å²) in [7, 11) is -2.14. The molecule has 0 fully saturated rings. The molecule has 1 heterocycles. The third-order valence-electron chi connectivity index (χ3n) is 5.03. The van der Waals surface area contributed by atoms with Gasteiger partial charge in [-0.25, -0.2) is 17.9 Å². The number of nitrogens with one attached hydrogen (secondary N) is 1. The molecule has 0 amide bonds. The molecule has 0 unspecified atom stereocenters. The first kappa shape index (κ1) is 21.7. The molecule has 7 nitrogen and oxygen atoms in total. The zero-order valence-electron chi connectivity index (χ0n) is 17.0. The number of carbonyl (C=O) groups excluding carboxylic acids is 1. The van der Waals surface area contributed by atoms with Crippen molar-refractivity contribution in [3.63, 3.8) is 0 Å². The smallest absolute Gasteiger partial charge is 0.336 e. The SMILES string of the molecule is CNS(=O)(=O)c1ccc(CCC(=O)OCc2cc(=O)oc3c(C)c(C)ccc23)cc1. The quantitative estimate of drug-likeness (QED) is 0.458. The Hall–Kier alpha value is -2.97. The van der Waals surface area contributed by atoms with E-state index in [2.05, 4.69) is 4.72 Å². The van der Waals surface area contributed by atoms with E-state index in [4.69, 9.17) is 9.15 Å². The number of rotatable bonds is 7. The maximum atomic E-state index is 12.2. The van der Waals surface area contributed by atoms with Crippen molar-refractivity contribution >= 4 is 27.0 Å². The second kappa shape index (κ2) is 8.81. The van der Waals surface area contributed by atoms with Gasteiger partial charge in [0.15, 0.2) is 0 Å². The van der Waals surface area contributed by atoms with Crippen LogP contribution in [0.3, 0.4) is 0 Å². The van der Waals surface area contributed by atoms with Gasteiger partial charge in [0.2, 0.25) is 10.0 Å². The minimum atomic E-state index is -3.49. The minimum absolute atomic E-state index is 0.0250. The molecule has 3 aromatic rings. The molecule has 0 aliphatic carbocycles. The fraction of sp³-hybridized carbons (Fsp3) is 0.273. The topological polar surface area (TPSA) is 103 Å². The molecule has 2 aromatic carbocycles. The first-order chi connectivity index (χ1) is 14.2. The molecule has 0 saturated heterocycles. The molecule has 0 spiro atoms. The van der Waals surface area contributed by atoms with Crippen LogP contribution in [0.1, 0.15) is 28.7 Å². The lowest BCUT2D eigenvalue weighted by molar-refractivity contribution is -0.144. The third-order valence-corrected chi connectivity index (χ3v) is 6.46. The van der Waals surface area contributed by atoms with E-state index in [-0.39, 0.29) is 17.9 Å². The van der Waals surface area contributed by atoms with Crippen molar-refractivity contribution in [1.82, 2.24) is 4.72 Å². The van der Waals surface area contributed by atoms with Crippen LogP contribution in [-0.4, -0.2) is 21.4 Å². The molecule has 0 radical (unpaired) electrons. The summed E-state index contributed by atoms with van der Waals surface area (Å²) in [6, 6.07) is 11.4. The van der Waals surface area contributed by atoms with E-state index in [1.54, 1.807) is 12.1 Å². The number of esters is 1. The van der Waals surface area contributed by atoms with Gasteiger partial charge in [0.1, 0.15) is 12.2 Å². The van der Waals surface area contributed by atoms with Crippen LogP contribution in [0.2, 0.25) is 0 Å². The Kier molecular flexibility index (Phi) is 6.38. The van der Waals surface area contributed by atoms with Crippen molar-refractivity contribution in [3.05, 3.63) is 75.1 Å². The number of fused-ring (bicyclic) bond motifs is 1. The Morgan fingerprint density at radius 1 is 1.10 bits per heavy atom. The van der Waals surface area contributed by atoms with Gasteiger partial charge in [-0.2, -0.15) is 0 Å². The number of hydrogen-bond acceptors (Lipinski definition) is 6. The van der Waals surface area contributed by atoms with Crippen molar-refractivity contribution in [2.75, 3.05) is 7.05 Å². The van der Waals surface area contributed by atoms with E-state index in [0.29, 0.717) is 17.6 Å². The fourth-order valence-electron chi connectivity index (χ4n) is 3.07. The molecule has 0 aliphatic rings. The summed E-state index contributed by atoms with van der Waals surface area (Å²) >= 11 is 0. The maximum Gasteiger partial charge on any atom is 0.336 e. The molecule has 0 aliphatic heterocycles. The van der Waals surface area contributed by atoms with Crippen LogP contribution in [0, 0.1) is 13.8 Å². The molecule has 158 valence electrons. The zero-order valence-corrected chi connectivity index (χ0v) is 17.8. The zero-order chi connectivity index (χ0) is 21.9. The van der Waals surface area contributed by atoms with Gasteiger partial charge in [-0.15, -0.1) is 0 Å². The van der Waals surface area contributed by atoms with Crippen LogP contribution in [0.5, 0.6) is 0 Å². The van der Waals surface area contributed by atoms with Gasteiger partial charge in [-0.1, -0.05) is 24.3 Å². The Balaban J connectivity index is 1.64. The third kappa shape index (κ3) is 4.77. The van der Waals surface area contributed by atoms with E-state index in [1.165, 1.54) is 25.2 Å². The highest BCUT2D eigenvalue weighted by Crippen LogP contribution is 2.23. The lowest BCUT2D eigenvalue weighted by Gasteiger charge is -2.10. The van der Waals surface area contributed by atoms with E-state index in [0.717, 1.165) is 22.1 Å². The molecule has 0 saturated carbocycles. The normalized spacial score (nSPS) is 11.6. The van der Waals surface area contributed by atoms with Gasteiger partial charge >= 0.3 is 11.6 Å². The van der Waals surface area contributed by atoms with Crippen molar-refractivity contribution < 1.29 is 22.4 Å². The Bertz CT molecular complexity index is 1240. The summed E-state index contributed by atoms with van der Waals surface area (Å²) in [5.41, 5.74) is 3.32. The highest BCUT2D eigenvalue weighted by atomic mass is 32.2. The molecule has 3 rings (SSSR count). The van der Waals surface area contributed by atoms with Crippen LogP contribution >= 0.6 is 0 Å². The number of hydrogen-bond donors (Lipinski definition) is 1. The molecule has 8 heteroatoms. The van der Waals surface area contributed by atoms with Crippen LogP contribution in [0.4, 0.5) is 0 Å². The highest BCUT2D eigenvalue weighted by molar-refractivity contribution is 7.89.